The van der Waals surface area contributed by atoms with E-state index < -0.39 is 0 Å². The van der Waals surface area contributed by atoms with Gasteiger partial charge in [-0.2, -0.15) is 0 Å². The molecular formula is C19H19N3O5S. The lowest BCUT2D eigenvalue weighted by Gasteiger charge is -2.11. The van der Waals surface area contributed by atoms with Crippen molar-refractivity contribution >= 4 is 23.4 Å². The van der Waals surface area contributed by atoms with Gasteiger partial charge >= 0.3 is 0 Å². The Hall–Kier alpha value is -3.20. The number of anilines is 1. The molecule has 28 heavy (non-hydrogen) atoms. The van der Waals surface area contributed by atoms with E-state index in [4.69, 9.17) is 18.6 Å². The van der Waals surface area contributed by atoms with Crippen LogP contribution < -0.4 is 19.5 Å². The number of ether oxygens (including phenoxy) is 3. The van der Waals surface area contributed by atoms with Gasteiger partial charge in [-0.1, -0.05) is 23.9 Å². The molecule has 0 atom stereocenters. The van der Waals surface area contributed by atoms with Crippen molar-refractivity contribution < 1.29 is 23.4 Å². The third-order valence-electron chi connectivity index (χ3n) is 3.75. The van der Waals surface area contributed by atoms with Gasteiger partial charge in [0.05, 0.1) is 38.3 Å². The van der Waals surface area contributed by atoms with Crippen LogP contribution in [0, 0.1) is 0 Å². The molecule has 2 aromatic carbocycles. The average Bonchev–Trinajstić information content (AvgIpc) is 3.21. The van der Waals surface area contributed by atoms with Crippen molar-refractivity contribution in [3.63, 3.8) is 0 Å². The molecule has 0 radical (unpaired) electrons. The third-order valence-corrected chi connectivity index (χ3v) is 4.57. The van der Waals surface area contributed by atoms with E-state index in [1.54, 1.807) is 32.4 Å². The Morgan fingerprint density at radius 3 is 2.57 bits per heavy atom. The molecule has 146 valence electrons. The fourth-order valence-electron chi connectivity index (χ4n) is 2.41. The second-order valence-corrected chi connectivity index (χ2v) is 6.40. The molecule has 0 bridgehead atoms. The number of carbonyl (C=O) groups excluding carboxylic acids is 1. The van der Waals surface area contributed by atoms with Crippen LogP contribution in [0.4, 0.5) is 5.69 Å². The first-order chi connectivity index (χ1) is 13.6. The van der Waals surface area contributed by atoms with Crippen molar-refractivity contribution in [2.75, 3.05) is 32.4 Å². The fraction of sp³-hybridized carbons (Fsp3) is 0.211. The van der Waals surface area contributed by atoms with Crippen molar-refractivity contribution in [1.29, 1.82) is 0 Å². The van der Waals surface area contributed by atoms with Crippen molar-refractivity contribution in [1.82, 2.24) is 10.2 Å². The van der Waals surface area contributed by atoms with Crippen LogP contribution in [0.15, 0.2) is 52.1 Å². The number of aromatic nitrogens is 2. The highest BCUT2D eigenvalue weighted by Crippen LogP contribution is 2.31. The number of methoxy groups -OCH3 is 3. The van der Waals surface area contributed by atoms with Gasteiger partial charge in [0.25, 0.3) is 11.1 Å². The quantitative estimate of drug-likeness (QED) is 0.573. The molecule has 8 nitrogen and oxygen atoms in total. The zero-order valence-corrected chi connectivity index (χ0v) is 16.4. The molecule has 0 fully saturated rings. The van der Waals surface area contributed by atoms with Crippen molar-refractivity contribution in [3.8, 4) is 28.7 Å². The molecular weight excluding hydrogens is 382 g/mol. The van der Waals surface area contributed by atoms with Gasteiger partial charge in [0.2, 0.25) is 5.91 Å². The molecule has 3 rings (SSSR count). The van der Waals surface area contributed by atoms with Crippen LogP contribution >= 0.6 is 11.8 Å². The largest absolute Gasteiger partial charge is 0.497 e. The zero-order valence-electron chi connectivity index (χ0n) is 15.6. The second-order valence-electron chi connectivity index (χ2n) is 5.48. The van der Waals surface area contributed by atoms with Gasteiger partial charge in [-0.3, -0.25) is 4.79 Å². The molecule has 3 aromatic rings. The van der Waals surface area contributed by atoms with Crippen molar-refractivity contribution in [2.45, 2.75) is 5.22 Å². The van der Waals surface area contributed by atoms with Crippen LogP contribution in [0.25, 0.3) is 11.5 Å². The summed E-state index contributed by atoms with van der Waals surface area (Å²) in [6.07, 6.45) is 0. The summed E-state index contributed by atoms with van der Waals surface area (Å²) in [5.41, 5.74) is 1.24. The Labute approximate surface area is 166 Å². The summed E-state index contributed by atoms with van der Waals surface area (Å²) in [4.78, 5) is 12.3. The number of hydrogen-bond donors (Lipinski definition) is 1. The molecule has 0 aliphatic rings. The fourth-order valence-corrected chi connectivity index (χ4v) is 2.98. The Bertz CT molecular complexity index is 960. The van der Waals surface area contributed by atoms with E-state index in [1.165, 1.54) is 7.11 Å². The summed E-state index contributed by atoms with van der Waals surface area (Å²) in [6, 6.07) is 12.5. The molecule has 0 aliphatic heterocycles. The van der Waals surface area contributed by atoms with Crippen LogP contribution in [0.5, 0.6) is 17.2 Å². The molecule has 1 aromatic heterocycles. The molecule has 9 heteroatoms. The first-order valence-electron chi connectivity index (χ1n) is 8.26. The summed E-state index contributed by atoms with van der Waals surface area (Å²) in [5.74, 6) is 1.98. The molecule has 0 spiro atoms. The number of carbonyl (C=O) groups is 1. The standard InChI is InChI=1S/C19H19N3O5S/c1-24-12-8-9-14(16(10-12)26-3)20-17(23)11-28-19-22-21-18(27-19)13-6-4-5-7-15(13)25-2/h4-10H,11H2,1-3H3,(H,20,23). The number of nitrogens with zero attached hydrogens (tertiary/aromatic N) is 2. The second kappa shape index (κ2) is 9.14. The highest BCUT2D eigenvalue weighted by molar-refractivity contribution is 7.99. The average molecular weight is 401 g/mol. The predicted octanol–water partition coefficient (Wildman–Crippen LogP) is 3.49. The van der Waals surface area contributed by atoms with Gasteiger partial charge in [-0.05, 0) is 24.3 Å². The van der Waals surface area contributed by atoms with E-state index in [2.05, 4.69) is 15.5 Å². The number of hydrogen-bond acceptors (Lipinski definition) is 8. The highest BCUT2D eigenvalue weighted by Gasteiger charge is 2.15. The molecule has 0 saturated heterocycles. The van der Waals surface area contributed by atoms with Crippen LogP contribution in [-0.2, 0) is 4.79 Å². The van der Waals surface area contributed by atoms with Crippen LogP contribution in [0.2, 0.25) is 0 Å². The van der Waals surface area contributed by atoms with E-state index in [0.29, 0.717) is 34.4 Å². The van der Waals surface area contributed by atoms with E-state index in [9.17, 15) is 4.79 Å². The first kappa shape index (κ1) is 19.6. The summed E-state index contributed by atoms with van der Waals surface area (Å²) < 4.78 is 21.3. The minimum Gasteiger partial charge on any atom is -0.497 e. The molecule has 0 unspecified atom stereocenters. The summed E-state index contributed by atoms with van der Waals surface area (Å²) >= 11 is 1.14. The smallest absolute Gasteiger partial charge is 0.277 e. The van der Waals surface area contributed by atoms with Crippen molar-refractivity contribution in [2.24, 2.45) is 0 Å². The minimum absolute atomic E-state index is 0.0999. The maximum atomic E-state index is 12.3. The number of amides is 1. The van der Waals surface area contributed by atoms with E-state index >= 15 is 0 Å². The lowest BCUT2D eigenvalue weighted by atomic mass is 10.2. The predicted molar refractivity (Wildman–Crippen MR) is 105 cm³/mol. The van der Waals surface area contributed by atoms with Gasteiger partial charge in [0.15, 0.2) is 0 Å². The van der Waals surface area contributed by atoms with E-state index in [-0.39, 0.29) is 16.9 Å². The number of para-hydroxylation sites is 1. The molecule has 1 heterocycles. The molecule has 0 aliphatic carbocycles. The summed E-state index contributed by atoms with van der Waals surface area (Å²) in [5, 5.41) is 11.1. The maximum absolute atomic E-state index is 12.3. The highest BCUT2D eigenvalue weighted by atomic mass is 32.2. The SMILES string of the molecule is COc1ccc(NC(=O)CSc2nnc(-c3ccccc3OC)o2)c(OC)c1. The molecule has 1 N–H and O–H groups in total. The lowest BCUT2D eigenvalue weighted by Crippen LogP contribution is -2.14. The van der Waals surface area contributed by atoms with Gasteiger partial charge < -0.3 is 23.9 Å². The topological polar surface area (TPSA) is 95.7 Å². The van der Waals surface area contributed by atoms with E-state index in [0.717, 1.165) is 11.8 Å². The monoisotopic (exact) mass is 401 g/mol. The minimum atomic E-state index is -0.231. The van der Waals surface area contributed by atoms with Gasteiger partial charge in [-0.15, -0.1) is 10.2 Å². The normalized spacial score (nSPS) is 10.4. The van der Waals surface area contributed by atoms with Gasteiger partial charge in [0.1, 0.15) is 17.2 Å². The van der Waals surface area contributed by atoms with E-state index in [1.807, 2.05) is 24.3 Å². The number of benzene rings is 2. The lowest BCUT2D eigenvalue weighted by molar-refractivity contribution is -0.113. The molecule has 1 amide bonds. The number of thioether (sulfide) groups is 1. The van der Waals surface area contributed by atoms with Crippen LogP contribution in [-0.4, -0.2) is 43.2 Å². The van der Waals surface area contributed by atoms with Crippen LogP contribution in [0.3, 0.4) is 0 Å². The Balaban J connectivity index is 1.62. The van der Waals surface area contributed by atoms with Crippen LogP contribution in [0.1, 0.15) is 0 Å². The maximum Gasteiger partial charge on any atom is 0.277 e. The zero-order chi connectivity index (χ0) is 19.9. The number of rotatable bonds is 8. The first-order valence-corrected chi connectivity index (χ1v) is 9.24. The van der Waals surface area contributed by atoms with Crippen molar-refractivity contribution in [3.05, 3.63) is 42.5 Å². The summed E-state index contributed by atoms with van der Waals surface area (Å²) in [6.45, 7) is 0. The van der Waals surface area contributed by atoms with Gasteiger partial charge in [0, 0.05) is 6.07 Å². The Morgan fingerprint density at radius 2 is 1.82 bits per heavy atom. The van der Waals surface area contributed by atoms with Gasteiger partial charge in [-0.25, -0.2) is 0 Å². The molecule has 0 saturated carbocycles. The third kappa shape index (κ3) is 4.55. The number of nitrogens with one attached hydrogen (secondary N) is 1. The Kier molecular flexibility index (Phi) is 6.38. The summed E-state index contributed by atoms with van der Waals surface area (Å²) in [7, 11) is 4.66. The Morgan fingerprint density at radius 1 is 1.04 bits per heavy atom.